The Balaban J connectivity index is 1.54. The maximum Gasteiger partial charge on any atom is 0.309 e. The Morgan fingerprint density at radius 3 is 2.50 bits per heavy atom. The summed E-state index contributed by atoms with van der Waals surface area (Å²) >= 11 is 6.38. The molecule has 2 aromatic rings. The van der Waals surface area contributed by atoms with Gasteiger partial charge in [0.15, 0.2) is 0 Å². The first-order valence-electron chi connectivity index (χ1n) is 9.95. The van der Waals surface area contributed by atoms with E-state index in [1.54, 1.807) is 6.33 Å². The maximum absolute atomic E-state index is 12.7. The van der Waals surface area contributed by atoms with Gasteiger partial charge in [0.2, 0.25) is 0 Å². The number of nitrogens with one attached hydrogen (secondary N) is 1. The second-order valence-corrected chi connectivity index (χ2v) is 8.20. The molecular formula is C22H28ClN3O2. The van der Waals surface area contributed by atoms with Crippen molar-refractivity contribution < 1.29 is 9.53 Å². The van der Waals surface area contributed by atoms with E-state index in [1.807, 2.05) is 51.1 Å². The van der Waals surface area contributed by atoms with E-state index in [2.05, 4.69) is 15.3 Å². The average Bonchev–Trinajstić information content (AvgIpc) is 2.70. The number of hydrogen-bond acceptors (Lipinski definition) is 5. The summed E-state index contributed by atoms with van der Waals surface area (Å²) in [6.07, 6.45) is 5.67. The molecule has 0 unspecified atom stereocenters. The molecule has 0 saturated heterocycles. The number of halogens is 1. The Hall–Kier alpha value is -2.14. The zero-order valence-corrected chi connectivity index (χ0v) is 17.5. The number of esters is 1. The van der Waals surface area contributed by atoms with E-state index in [0.717, 1.165) is 43.4 Å². The molecular weight excluding hydrogens is 374 g/mol. The molecule has 0 radical (unpaired) electrons. The number of rotatable bonds is 6. The molecule has 1 heterocycles. The Bertz CT molecular complexity index is 803. The van der Waals surface area contributed by atoms with Crippen LogP contribution in [0.15, 0.2) is 36.7 Å². The Kier molecular flexibility index (Phi) is 6.55. The molecule has 5 nitrogen and oxygen atoms in total. The summed E-state index contributed by atoms with van der Waals surface area (Å²) in [6, 6.07) is 10.1. The molecule has 0 aliphatic heterocycles. The van der Waals surface area contributed by atoms with E-state index in [-0.39, 0.29) is 17.9 Å². The van der Waals surface area contributed by atoms with Crippen LogP contribution < -0.4 is 5.32 Å². The van der Waals surface area contributed by atoms with E-state index >= 15 is 0 Å². The minimum Gasteiger partial charge on any atom is -0.455 e. The number of aryl methyl sites for hydroxylation is 1. The summed E-state index contributed by atoms with van der Waals surface area (Å²) in [4.78, 5) is 21.2. The number of hydrogen-bond donors (Lipinski definition) is 1. The molecule has 1 saturated carbocycles. The van der Waals surface area contributed by atoms with Crippen LogP contribution in [0, 0.1) is 5.92 Å². The predicted octanol–water partition coefficient (Wildman–Crippen LogP) is 5.14. The summed E-state index contributed by atoms with van der Waals surface area (Å²) in [6.45, 7) is 5.90. The van der Waals surface area contributed by atoms with Gasteiger partial charge in [-0.3, -0.25) is 4.79 Å². The third kappa shape index (κ3) is 4.82. The molecule has 1 aliphatic carbocycles. The van der Waals surface area contributed by atoms with Gasteiger partial charge in [-0.2, -0.15) is 0 Å². The van der Waals surface area contributed by atoms with Crippen LogP contribution in [0.3, 0.4) is 0 Å². The normalized spacial score (nSPS) is 19.9. The van der Waals surface area contributed by atoms with Gasteiger partial charge in [-0.25, -0.2) is 9.97 Å². The molecule has 1 fully saturated rings. The van der Waals surface area contributed by atoms with Gasteiger partial charge in [0.1, 0.15) is 22.8 Å². The lowest BCUT2D eigenvalue weighted by atomic mass is 9.85. The molecule has 0 atom stereocenters. The first-order valence-corrected chi connectivity index (χ1v) is 10.3. The molecule has 28 heavy (non-hydrogen) atoms. The second kappa shape index (κ2) is 8.91. The molecule has 1 N–H and O–H groups in total. The lowest BCUT2D eigenvalue weighted by molar-refractivity contribution is -0.163. The highest BCUT2D eigenvalue weighted by molar-refractivity contribution is 6.33. The van der Waals surface area contributed by atoms with Gasteiger partial charge in [-0.1, -0.05) is 48.9 Å². The van der Waals surface area contributed by atoms with Crippen LogP contribution in [0.4, 0.5) is 5.82 Å². The maximum atomic E-state index is 12.7. The van der Waals surface area contributed by atoms with Crippen molar-refractivity contribution >= 4 is 23.4 Å². The number of benzene rings is 1. The van der Waals surface area contributed by atoms with Crippen molar-refractivity contribution in [2.45, 2.75) is 64.5 Å². The monoisotopic (exact) mass is 401 g/mol. The van der Waals surface area contributed by atoms with E-state index in [4.69, 9.17) is 16.3 Å². The fourth-order valence-corrected chi connectivity index (χ4v) is 3.94. The SMILES string of the molecule is CCc1ncnc(NC2CCC(C(=O)OC(C)(C)c3ccccc3)CC2)c1Cl. The fourth-order valence-electron chi connectivity index (χ4n) is 3.65. The van der Waals surface area contributed by atoms with Gasteiger partial charge in [0.05, 0.1) is 11.6 Å². The van der Waals surface area contributed by atoms with Crippen molar-refractivity contribution in [3.63, 3.8) is 0 Å². The number of ether oxygens (including phenoxy) is 1. The lowest BCUT2D eigenvalue weighted by Gasteiger charge is -2.32. The van der Waals surface area contributed by atoms with Crippen LogP contribution in [0.1, 0.15) is 57.7 Å². The molecule has 6 heteroatoms. The van der Waals surface area contributed by atoms with E-state index in [9.17, 15) is 4.79 Å². The average molecular weight is 402 g/mol. The summed E-state index contributed by atoms with van der Waals surface area (Å²) < 4.78 is 5.87. The molecule has 0 spiro atoms. The van der Waals surface area contributed by atoms with Gasteiger partial charge < -0.3 is 10.1 Å². The zero-order valence-electron chi connectivity index (χ0n) is 16.7. The Morgan fingerprint density at radius 1 is 1.18 bits per heavy atom. The molecule has 1 aromatic carbocycles. The number of carbonyl (C=O) groups excluding carboxylic acids is 1. The molecule has 1 aromatic heterocycles. The van der Waals surface area contributed by atoms with Crippen molar-refractivity contribution in [1.29, 1.82) is 0 Å². The van der Waals surface area contributed by atoms with Crippen molar-refractivity contribution in [1.82, 2.24) is 9.97 Å². The summed E-state index contributed by atoms with van der Waals surface area (Å²) in [5.41, 5.74) is 1.22. The van der Waals surface area contributed by atoms with Crippen LogP contribution in [-0.4, -0.2) is 22.0 Å². The minimum atomic E-state index is -0.627. The van der Waals surface area contributed by atoms with Gasteiger partial charge in [0, 0.05) is 6.04 Å². The number of anilines is 1. The third-order valence-electron chi connectivity index (χ3n) is 5.42. The number of carbonyl (C=O) groups is 1. The highest BCUT2D eigenvalue weighted by atomic mass is 35.5. The quantitative estimate of drug-likeness (QED) is 0.679. The molecule has 0 bridgehead atoms. The van der Waals surface area contributed by atoms with Crippen molar-refractivity contribution in [2.24, 2.45) is 5.92 Å². The summed E-state index contributed by atoms with van der Waals surface area (Å²) in [7, 11) is 0. The van der Waals surface area contributed by atoms with E-state index < -0.39 is 5.60 Å². The van der Waals surface area contributed by atoms with Crippen molar-refractivity contribution in [3.05, 3.63) is 52.9 Å². The summed E-state index contributed by atoms with van der Waals surface area (Å²) in [5.74, 6) is 0.513. The van der Waals surface area contributed by atoms with Crippen LogP contribution in [0.2, 0.25) is 5.02 Å². The first-order chi connectivity index (χ1) is 13.4. The number of aromatic nitrogens is 2. The highest BCUT2D eigenvalue weighted by Crippen LogP contribution is 2.32. The Labute approximate surface area is 171 Å². The largest absolute Gasteiger partial charge is 0.455 e. The molecule has 150 valence electrons. The van der Waals surface area contributed by atoms with Crippen LogP contribution in [-0.2, 0) is 21.6 Å². The van der Waals surface area contributed by atoms with Gasteiger partial charge in [-0.15, -0.1) is 0 Å². The number of nitrogens with zero attached hydrogens (tertiary/aromatic N) is 2. The van der Waals surface area contributed by atoms with Gasteiger partial charge in [0.25, 0.3) is 0 Å². The van der Waals surface area contributed by atoms with Gasteiger partial charge in [-0.05, 0) is 51.5 Å². The van der Waals surface area contributed by atoms with Crippen LogP contribution in [0.5, 0.6) is 0 Å². The van der Waals surface area contributed by atoms with Crippen LogP contribution in [0.25, 0.3) is 0 Å². The van der Waals surface area contributed by atoms with Gasteiger partial charge >= 0.3 is 5.97 Å². The second-order valence-electron chi connectivity index (χ2n) is 7.83. The highest BCUT2D eigenvalue weighted by Gasteiger charge is 2.32. The standard InChI is InChI=1S/C22H28ClN3O2/c1-4-18-19(23)20(25-14-24-18)26-17-12-10-15(11-13-17)21(27)28-22(2,3)16-8-6-5-7-9-16/h5-9,14-15,17H,4,10-13H2,1-3H3,(H,24,25,26). The van der Waals surface area contributed by atoms with Crippen molar-refractivity contribution in [3.8, 4) is 0 Å². The van der Waals surface area contributed by atoms with E-state index in [0.29, 0.717) is 10.8 Å². The predicted molar refractivity (Wildman–Crippen MR) is 111 cm³/mol. The summed E-state index contributed by atoms with van der Waals surface area (Å²) in [5, 5.41) is 4.02. The minimum absolute atomic E-state index is 0.0619. The Morgan fingerprint density at radius 2 is 1.86 bits per heavy atom. The first kappa shape index (κ1) is 20.6. The molecule has 3 rings (SSSR count). The van der Waals surface area contributed by atoms with E-state index in [1.165, 1.54) is 0 Å². The van der Waals surface area contributed by atoms with Crippen LogP contribution >= 0.6 is 11.6 Å². The molecule has 1 aliphatic rings. The van der Waals surface area contributed by atoms with Crippen molar-refractivity contribution in [2.75, 3.05) is 5.32 Å². The molecule has 0 amide bonds. The lowest BCUT2D eigenvalue weighted by Crippen LogP contribution is -2.34. The fraction of sp³-hybridized carbons (Fsp3) is 0.500. The zero-order chi connectivity index (χ0) is 20.1. The third-order valence-corrected chi connectivity index (χ3v) is 5.82. The smallest absolute Gasteiger partial charge is 0.309 e. The topological polar surface area (TPSA) is 64.1 Å².